The summed E-state index contributed by atoms with van der Waals surface area (Å²) >= 11 is 0. The van der Waals surface area contributed by atoms with Crippen LogP contribution in [0.25, 0.3) is 0 Å². The molecule has 6 atom stereocenters. The van der Waals surface area contributed by atoms with Crippen molar-refractivity contribution >= 4 is 11.6 Å². The van der Waals surface area contributed by atoms with Crippen molar-refractivity contribution in [2.24, 2.45) is 22.7 Å². The summed E-state index contributed by atoms with van der Waals surface area (Å²) in [5, 5.41) is 21.9. The van der Waals surface area contributed by atoms with Gasteiger partial charge in [-0.1, -0.05) is 24.6 Å². The van der Waals surface area contributed by atoms with Crippen LogP contribution in [0.5, 0.6) is 0 Å². The first kappa shape index (κ1) is 15.6. The molecule has 1 saturated carbocycles. The second-order valence-electron chi connectivity index (χ2n) is 8.11. The molecule has 22 heavy (non-hydrogen) atoms. The number of carbonyl (C=O) groups excluding carboxylic acids is 2. The van der Waals surface area contributed by atoms with Crippen LogP contribution in [0.1, 0.15) is 41.5 Å². The molecule has 0 aliphatic heterocycles. The molecule has 2 bridgehead atoms. The van der Waals surface area contributed by atoms with E-state index in [1.165, 1.54) is 13.8 Å². The van der Waals surface area contributed by atoms with Crippen molar-refractivity contribution in [3.63, 3.8) is 0 Å². The quantitative estimate of drug-likeness (QED) is 0.669. The van der Waals surface area contributed by atoms with Crippen LogP contribution in [-0.4, -0.2) is 33.0 Å². The fourth-order valence-corrected chi connectivity index (χ4v) is 5.58. The van der Waals surface area contributed by atoms with Crippen LogP contribution in [0.2, 0.25) is 0 Å². The summed E-state index contributed by atoms with van der Waals surface area (Å²) in [6, 6.07) is 0. The predicted molar refractivity (Wildman–Crippen MR) is 82.0 cm³/mol. The molecule has 1 fully saturated rings. The van der Waals surface area contributed by atoms with Gasteiger partial charge in [0.05, 0.1) is 5.41 Å². The minimum absolute atomic E-state index is 0.233. The van der Waals surface area contributed by atoms with Crippen LogP contribution in [0.4, 0.5) is 0 Å². The van der Waals surface area contributed by atoms with E-state index in [0.717, 1.165) is 5.57 Å². The molecule has 0 radical (unpaired) electrons. The minimum atomic E-state index is -1.60. The fraction of sp³-hybridized carbons (Fsp3) is 0.667. The van der Waals surface area contributed by atoms with Gasteiger partial charge in [-0.25, -0.2) is 0 Å². The van der Waals surface area contributed by atoms with Gasteiger partial charge in [0.1, 0.15) is 11.2 Å². The SMILES string of the molecule is CC1=C[C@@]2(C)[C@H]([C@H]3C(C)=C[C@@]2(C)C(=O)[C@@]3(C)O)[C@](C)(O)C1=O. The highest BCUT2D eigenvalue weighted by molar-refractivity contribution is 6.05. The maximum absolute atomic E-state index is 12.9. The normalized spacial score (nSPS) is 54.0. The molecule has 4 nitrogen and oxygen atoms in total. The molecule has 2 N–H and O–H groups in total. The Morgan fingerprint density at radius 1 is 0.955 bits per heavy atom. The number of hydrogen-bond donors (Lipinski definition) is 2. The van der Waals surface area contributed by atoms with Gasteiger partial charge in [-0.2, -0.15) is 0 Å². The Balaban J connectivity index is 2.41. The highest BCUT2D eigenvalue weighted by Gasteiger charge is 2.73. The Labute approximate surface area is 130 Å². The zero-order chi connectivity index (χ0) is 16.9. The minimum Gasteiger partial charge on any atom is -0.382 e. The highest BCUT2D eigenvalue weighted by atomic mass is 16.3. The number of fused-ring (bicyclic) bond motifs is 1. The summed E-state index contributed by atoms with van der Waals surface area (Å²) in [5.41, 5.74) is -3.45. The molecular formula is C18H24O4. The molecule has 4 heteroatoms. The summed E-state index contributed by atoms with van der Waals surface area (Å²) in [7, 11) is 0. The molecule has 0 heterocycles. The van der Waals surface area contributed by atoms with E-state index in [0.29, 0.717) is 5.57 Å². The van der Waals surface area contributed by atoms with Gasteiger partial charge >= 0.3 is 0 Å². The van der Waals surface area contributed by atoms with Gasteiger partial charge < -0.3 is 10.2 Å². The van der Waals surface area contributed by atoms with Crippen LogP contribution >= 0.6 is 0 Å². The van der Waals surface area contributed by atoms with Crippen LogP contribution in [-0.2, 0) is 9.59 Å². The Hall–Kier alpha value is -1.26. The first-order valence-electron chi connectivity index (χ1n) is 7.75. The molecule has 0 aromatic rings. The van der Waals surface area contributed by atoms with Crippen LogP contribution in [0, 0.1) is 22.7 Å². The third-order valence-electron chi connectivity index (χ3n) is 6.58. The molecule has 0 spiro atoms. The molecule has 0 amide bonds. The van der Waals surface area contributed by atoms with Crippen LogP contribution in [0.15, 0.2) is 23.3 Å². The van der Waals surface area contributed by atoms with Gasteiger partial charge in [-0.05, 0) is 40.2 Å². The number of allylic oxidation sites excluding steroid dienone is 2. The fourth-order valence-electron chi connectivity index (χ4n) is 5.58. The number of ketones is 2. The zero-order valence-corrected chi connectivity index (χ0v) is 14.0. The molecule has 4 aliphatic rings. The Bertz CT molecular complexity index is 667. The number of rotatable bonds is 0. The third-order valence-corrected chi connectivity index (χ3v) is 6.58. The van der Waals surface area contributed by atoms with Crippen LogP contribution < -0.4 is 0 Å². The summed E-state index contributed by atoms with van der Waals surface area (Å²) < 4.78 is 0. The van der Waals surface area contributed by atoms with Gasteiger partial charge in [0.25, 0.3) is 0 Å². The molecule has 4 rings (SSSR count). The van der Waals surface area contributed by atoms with Gasteiger partial charge in [-0.3, -0.25) is 9.59 Å². The maximum atomic E-state index is 12.9. The smallest absolute Gasteiger partial charge is 0.189 e. The van der Waals surface area contributed by atoms with Crippen molar-refractivity contribution in [2.45, 2.75) is 52.7 Å². The van der Waals surface area contributed by atoms with E-state index in [1.807, 2.05) is 32.9 Å². The first-order valence-corrected chi connectivity index (χ1v) is 7.75. The van der Waals surface area contributed by atoms with E-state index in [4.69, 9.17) is 0 Å². The Kier molecular flexibility index (Phi) is 2.70. The van der Waals surface area contributed by atoms with Gasteiger partial charge in [-0.15, -0.1) is 0 Å². The van der Waals surface area contributed by atoms with Gasteiger partial charge in [0.2, 0.25) is 0 Å². The lowest BCUT2D eigenvalue weighted by atomic mass is 9.37. The van der Waals surface area contributed by atoms with Crippen molar-refractivity contribution in [2.75, 3.05) is 0 Å². The summed E-state index contributed by atoms with van der Waals surface area (Å²) in [5.74, 6) is -1.64. The van der Waals surface area contributed by atoms with Crippen LogP contribution in [0.3, 0.4) is 0 Å². The molecule has 4 aliphatic carbocycles. The second-order valence-corrected chi connectivity index (χ2v) is 8.11. The number of Topliss-reactive ketones (excluding diaryl/α,β-unsaturated/α-hetero) is 2. The molecule has 0 unspecified atom stereocenters. The molecular weight excluding hydrogens is 280 g/mol. The van der Waals surface area contributed by atoms with Gasteiger partial charge in [0, 0.05) is 17.3 Å². The average Bonchev–Trinajstić information content (AvgIpc) is 2.37. The van der Waals surface area contributed by atoms with E-state index in [2.05, 4.69) is 0 Å². The van der Waals surface area contributed by atoms with E-state index in [1.54, 1.807) is 6.92 Å². The largest absolute Gasteiger partial charge is 0.382 e. The Morgan fingerprint density at radius 3 is 2.05 bits per heavy atom. The highest BCUT2D eigenvalue weighted by Crippen LogP contribution is 2.67. The van der Waals surface area contributed by atoms with Crippen molar-refractivity contribution in [1.82, 2.24) is 0 Å². The molecule has 120 valence electrons. The van der Waals surface area contributed by atoms with E-state index in [9.17, 15) is 19.8 Å². The molecule has 0 saturated heterocycles. The summed E-state index contributed by atoms with van der Waals surface area (Å²) in [4.78, 5) is 25.5. The third kappa shape index (κ3) is 1.36. The second kappa shape index (κ2) is 3.80. The van der Waals surface area contributed by atoms with E-state index in [-0.39, 0.29) is 11.6 Å². The van der Waals surface area contributed by atoms with Crippen molar-refractivity contribution < 1.29 is 19.8 Å². The summed E-state index contributed by atoms with van der Waals surface area (Å²) in [6.07, 6.45) is 3.76. The number of hydrogen-bond acceptors (Lipinski definition) is 4. The maximum Gasteiger partial charge on any atom is 0.189 e. The number of carbonyl (C=O) groups is 2. The summed E-state index contributed by atoms with van der Waals surface area (Å²) in [6.45, 7) is 10.3. The van der Waals surface area contributed by atoms with Crippen molar-refractivity contribution in [3.8, 4) is 0 Å². The first-order chi connectivity index (χ1) is 9.82. The lowest BCUT2D eigenvalue weighted by molar-refractivity contribution is -0.203. The lowest BCUT2D eigenvalue weighted by Crippen LogP contribution is -2.74. The topological polar surface area (TPSA) is 74.6 Å². The van der Waals surface area contributed by atoms with E-state index < -0.39 is 33.9 Å². The zero-order valence-electron chi connectivity index (χ0n) is 14.0. The lowest BCUT2D eigenvalue weighted by Gasteiger charge is -2.66. The monoisotopic (exact) mass is 304 g/mol. The molecule has 0 aromatic heterocycles. The predicted octanol–water partition coefficient (Wildman–Crippen LogP) is 1.80. The standard InChI is InChI=1S/C18H24O4/c1-9-7-16(4)14(20)17(5,21)11(9)12-15(16,3)8-10(2)13(19)18(12,6)22/h7-8,11-12,21-22H,1-6H3/t11-,12+,15+,16+,17+,18+/m1/s1. The number of aliphatic hydroxyl groups is 2. The van der Waals surface area contributed by atoms with Crippen molar-refractivity contribution in [1.29, 1.82) is 0 Å². The average molecular weight is 304 g/mol. The Morgan fingerprint density at radius 2 is 1.50 bits per heavy atom. The van der Waals surface area contributed by atoms with E-state index >= 15 is 0 Å². The van der Waals surface area contributed by atoms with Crippen molar-refractivity contribution in [3.05, 3.63) is 23.3 Å². The van der Waals surface area contributed by atoms with Gasteiger partial charge in [0.15, 0.2) is 11.6 Å². The molecule has 0 aromatic carbocycles.